The first-order chi connectivity index (χ1) is 13.1. The molecule has 0 bridgehead atoms. The Morgan fingerprint density at radius 3 is 2.37 bits per heavy atom. The minimum absolute atomic E-state index is 0.210. The van der Waals surface area contributed by atoms with Gasteiger partial charge in [-0.2, -0.15) is 5.26 Å². The number of nitriles is 1. The molecule has 0 N–H and O–H groups in total. The fourth-order valence-corrected chi connectivity index (χ4v) is 3.12. The molecule has 0 aliphatic heterocycles. The van der Waals surface area contributed by atoms with Crippen LogP contribution in [0, 0.1) is 18.3 Å². The highest BCUT2D eigenvalue weighted by molar-refractivity contribution is 5.96. The maximum atomic E-state index is 12.7. The monoisotopic (exact) mass is 362 g/mol. The predicted molar refractivity (Wildman–Crippen MR) is 102 cm³/mol. The largest absolute Gasteiger partial charge is 0.455 e. The molecule has 27 heavy (non-hydrogen) atoms. The molecule has 2 aromatic carbocycles. The van der Waals surface area contributed by atoms with E-state index >= 15 is 0 Å². The molecule has 0 spiro atoms. The lowest BCUT2D eigenvalue weighted by atomic mass is 9.96. The second-order valence-electron chi connectivity index (χ2n) is 6.81. The van der Waals surface area contributed by atoms with Crippen LogP contribution in [0.15, 0.2) is 54.6 Å². The standard InChI is InChI=1S/C22H22N2O3/c1-17-8-10-19(11-9-17)24(15-5-14-23)20(25)16-27-21(26)22(12-13-22)18-6-3-2-4-7-18/h2-4,6-11H,5,12-13,15-16H2,1H3. The fraction of sp³-hybridized carbons (Fsp3) is 0.318. The quantitative estimate of drug-likeness (QED) is 0.707. The van der Waals surface area contributed by atoms with Gasteiger partial charge in [-0.05, 0) is 37.5 Å². The number of hydrogen-bond acceptors (Lipinski definition) is 4. The van der Waals surface area contributed by atoms with Gasteiger partial charge in [0.2, 0.25) is 0 Å². The Labute approximate surface area is 159 Å². The second kappa shape index (κ2) is 8.05. The SMILES string of the molecule is Cc1ccc(N(CCC#N)C(=O)COC(=O)C2(c3ccccc3)CC2)cc1. The lowest BCUT2D eigenvalue weighted by Gasteiger charge is -2.22. The van der Waals surface area contributed by atoms with Gasteiger partial charge in [-0.3, -0.25) is 9.59 Å². The summed E-state index contributed by atoms with van der Waals surface area (Å²) in [5.74, 6) is -0.683. The zero-order valence-corrected chi connectivity index (χ0v) is 15.4. The maximum absolute atomic E-state index is 12.7. The summed E-state index contributed by atoms with van der Waals surface area (Å²) in [6.07, 6.45) is 1.68. The third-order valence-corrected chi connectivity index (χ3v) is 4.89. The van der Waals surface area contributed by atoms with Crippen molar-refractivity contribution in [1.82, 2.24) is 0 Å². The van der Waals surface area contributed by atoms with E-state index in [-0.39, 0.29) is 31.4 Å². The van der Waals surface area contributed by atoms with Crippen molar-refractivity contribution in [3.05, 3.63) is 65.7 Å². The summed E-state index contributed by atoms with van der Waals surface area (Å²) >= 11 is 0. The third kappa shape index (κ3) is 4.17. The van der Waals surface area contributed by atoms with Crippen LogP contribution in [0.2, 0.25) is 0 Å². The van der Waals surface area contributed by atoms with E-state index in [4.69, 9.17) is 10.00 Å². The molecule has 2 aromatic rings. The summed E-state index contributed by atoms with van der Waals surface area (Å²) < 4.78 is 5.38. The number of carbonyl (C=O) groups excluding carboxylic acids is 2. The van der Waals surface area contributed by atoms with Gasteiger partial charge < -0.3 is 9.64 Å². The Kier molecular flexibility index (Phi) is 5.56. The van der Waals surface area contributed by atoms with Crippen molar-refractivity contribution >= 4 is 17.6 Å². The van der Waals surface area contributed by atoms with Gasteiger partial charge in [0.05, 0.1) is 17.9 Å². The number of amides is 1. The Hall–Kier alpha value is -3.13. The summed E-state index contributed by atoms with van der Waals surface area (Å²) in [7, 11) is 0. The van der Waals surface area contributed by atoms with Crippen LogP contribution in [0.5, 0.6) is 0 Å². The van der Waals surface area contributed by atoms with Crippen molar-refractivity contribution in [3.63, 3.8) is 0 Å². The first-order valence-corrected chi connectivity index (χ1v) is 9.03. The van der Waals surface area contributed by atoms with Crippen LogP contribution in [-0.4, -0.2) is 25.0 Å². The molecule has 0 heterocycles. The topological polar surface area (TPSA) is 70.4 Å². The third-order valence-electron chi connectivity index (χ3n) is 4.89. The van der Waals surface area contributed by atoms with Crippen molar-refractivity contribution in [2.24, 2.45) is 0 Å². The van der Waals surface area contributed by atoms with E-state index in [1.807, 2.05) is 61.5 Å². The summed E-state index contributed by atoms with van der Waals surface area (Å²) in [4.78, 5) is 26.8. The molecule has 0 saturated heterocycles. The molecule has 1 aliphatic rings. The number of hydrogen-bond donors (Lipinski definition) is 0. The molecule has 5 heteroatoms. The van der Waals surface area contributed by atoms with Crippen molar-refractivity contribution < 1.29 is 14.3 Å². The van der Waals surface area contributed by atoms with E-state index in [1.165, 1.54) is 4.90 Å². The van der Waals surface area contributed by atoms with Crippen molar-refractivity contribution in [3.8, 4) is 6.07 Å². The van der Waals surface area contributed by atoms with Crippen molar-refractivity contribution in [2.45, 2.75) is 31.6 Å². The Morgan fingerprint density at radius 1 is 1.11 bits per heavy atom. The van der Waals surface area contributed by atoms with E-state index in [1.54, 1.807) is 0 Å². The molecule has 0 unspecified atom stereocenters. The number of benzene rings is 2. The van der Waals surface area contributed by atoms with Crippen LogP contribution < -0.4 is 4.90 Å². The van der Waals surface area contributed by atoms with Crippen molar-refractivity contribution in [2.75, 3.05) is 18.1 Å². The minimum Gasteiger partial charge on any atom is -0.455 e. The number of anilines is 1. The minimum atomic E-state index is -0.608. The summed E-state index contributed by atoms with van der Waals surface area (Å²) in [5.41, 5.74) is 2.10. The van der Waals surface area contributed by atoms with E-state index in [2.05, 4.69) is 6.07 Å². The summed E-state index contributed by atoms with van der Waals surface area (Å²) in [5, 5.41) is 8.87. The highest BCUT2D eigenvalue weighted by Gasteiger charge is 2.52. The number of ether oxygens (including phenoxy) is 1. The highest BCUT2D eigenvalue weighted by Crippen LogP contribution is 2.49. The summed E-state index contributed by atoms with van der Waals surface area (Å²) in [6.45, 7) is 1.90. The fourth-order valence-electron chi connectivity index (χ4n) is 3.12. The first kappa shape index (κ1) is 18.7. The Balaban J connectivity index is 1.66. The molecule has 0 radical (unpaired) electrons. The molecule has 0 atom stereocenters. The van der Waals surface area contributed by atoms with Gasteiger partial charge in [-0.25, -0.2) is 0 Å². The lowest BCUT2D eigenvalue weighted by Crippen LogP contribution is -2.36. The highest BCUT2D eigenvalue weighted by atomic mass is 16.5. The van der Waals surface area contributed by atoms with E-state index < -0.39 is 5.41 Å². The van der Waals surface area contributed by atoms with Gasteiger partial charge in [-0.15, -0.1) is 0 Å². The maximum Gasteiger partial charge on any atom is 0.317 e. The van der Waals surface area contributed by atoms with Crippen LogP contribution in [-0.2, 0) is 19.7 Å². The molecular formula is C22H22N2O3. The molecule has 1 saturated carbocycles. The van der Waals surface area contributed by atoms with Gasteiger partial charge in [0.25, 0.3) is 5.91 Å². The molecular weight excluding hydrogens is 340 g/mol. The van der Waals surface area contributed by atoms with Gasteiger partial charge in [0.1, 0.15) is 0 Å². The Bertz CT molecular complexity index is 849. The molecule has 1 fully saturated rings. The van der Waals surface area contributed by atoms with Crippen LogP contribution in [0.3, 0.4) is 0 Å². The molecule has 1 amide bonds. The summed E-state index contributed by atoms with van der Waals surface area (Å²) in [6, 6.07) is 19.1. The van der Waals surface area contributed by atoms with Crippen LogP contribution in [0.1, 0.15) is 30.4 Å². The van der Waals surface area contributed by atoms with Gasteiger partial charge >= 0.3 is 5.97 Å². The van der Waals surface area contributed by atoms with Gasteiger partial charge in [0, 0.05) is 12.2 Å². The number of esters is 1. The van der Waals surface area contributed by atoms with Crippen LogP contribution in [0.25, 0.3) is 0 Å². The molecule has 3 rings (SSSR count). The van der Waals surface area contributed by atoms with Crippen LogP contribution >= 0.6 is 0 Å². The normalized spacial score (nSPS) is 14.1. The van der Waals surface area contributed by atoms with Crippen LogP contribution in [0.4, 0.5) is 5.69 Å². The van der Waals surface area contributed by atoms with E-state index in [0.29, 0.717) is 5.69 Å². The zero-order valence-electron chi connectivity index (χ0n) is 15.4. The molecule has 0 aromatic heterocycles. The van der Waals surface area contributed by atoms with Gasteiger partial charge in [-0.1, -0.05) is 48.0 Å². The van der Waals surface area contributed by atoms with E-state index in [0.717, 1.165) is 24.0 Å². The second-order valence-corrected chi connectivity index (χ2v) is 6.81. The Morgan fingerprint density at radius 2 is 1.78 bits per heavy atom. The lowest BCUT2D eigenvalue weighted by molar-refractivity contribution is -0.150. The predicted octanol–water partition coefficient (Wildman–Crippen LogP) is 3.52. The molecule has 5 nitrogen and oxygen atoms in total. The number of rotatable bonds is 7. The number of aryl methyl sites for hydroxylation is 1. The average molecular weight is 362 g/mol. The van der Waals surface area contributed by atoms with Crippen molar-refractivity contribution in [1.29, 1.82) is 5.26 Å². The average Bonchev–Trinajstić information content (AvgIpc) is 3.50. The van der Waals surface area contributed by atoms with E-state index in [9.17, 15) is 9.59 Å². The smallest absolute Gasteiger partial charge is 0.317 e. The number of carbonyl (C=O) groups is 2. The first-order valence-electron chi connectivity index (χ1n) is 9.03. The zero-order chi connectivity index (χ0) is 19.3. The number of nitrogens with zero attached hydrogens (tertiary/aromatic N) is 2. The van der Waals surface area contributed by atoms with Gasteiger partial charge in [0.15, 0.2) is 6.61 Å². The molecule has 1 aliphatic carbocycles. The molecule has 138 valence electrons.